The number of carbonyl (C=O) groups excluding carboxylic acids is 2. The number of alkyl halides is 3. The van der Waals surface area contributed by atoms with Gasteiger partial charge in [-0.05, 0) is 24.3 Å². The van der Waals surface area contributed by atoms with Crippen molar-refractivity contribution in [3.05, 3.63) is 58.6 Å². The molecule has 142 valence electrons. The lowest BCUT2D eigenvalue weighted by Crippen LogP contribution is -2.37. The summed E-state index contributed by atoms with van der Waals surface area (Å²) in [6.45, 7) is -0.988. The molecule has 6 nitrogen and oxygen atoms in total. The highest BCUT2D eigenvalue weighted by molar-refractivity contribution is 7.90. The highest BCUT2D eigenvalue weighted by Gasteiger charge is 2.42. The molecule has 0 fully saturated rings. The number of nitrogens with zero attached hydrogens (tertiary/aromatic N) is 1. The molecule has 0 aromatic heterocycles. The number of anilines is 1. The van der Waals surface area contributed by atoms with Crippen molar-refractivity contribution in [1.82, 2.24) is 4.31 Å². The molecule has 0 spiro atoms. The first kappa shape index (κ1) is 19.2. The number of amides is 2. The summed E-state index contributed by atoms with van der Waals surface area (Å²) in [4.78, 5) is 24.2. The molecule has 1 aliphatic rings. The van der Waals surface area contributed by atoms with Crippen LogP contribution in [0.25, 0.3) is 0 Å². The molecule has 2 amide bonds. The minimum absolute atomic E-state index is 0.112. The van der Waals surface area contributed by atoms with E-state index in [1.165, 1.54) is 24.3 Å². The largest absolute Gasteiger partial charge is 0.418 e. The van der Waals surface area contributed by atoms with E-state index in [1.54, 1.807) is 0 Å². The number of benzene rings is 2. The van der Waals surface area contributed by atoms with Crippen molar-refractivity contribution in [3.63, 3.8) is 0 Å². The maximum atomic E-state index is 13.1. The molecule has 1 N–H and O–H groups in total. The Hall–Kier alpha value is -2.59. The van der Waals surface area contributed by atoms with Crippen LogP contribution in [0.5, 0.6) is 0 Å². The fourth-order valence-electron chi connectivity index (χ4n) is 2.58. The zero-order valence-electron chi connectivity index (χ0n) is 13.2. The third-order valence-electron chi connectivity index (χ3n) is 3.78. The number of sulfonamides is 1. The number of hydrogen-bond acceptors (Lipinski definition) is 4. The van der Waals surface area contributed by atoms with Gasteiger partial charge in [0.25, 0.3) is 15.9 Å². The molecule has 2 aromatic carbocycles. The Morgan fingerprint density at radius 1 is 1.11 bits per heavy atom. The van der Waals surface area contributed by atoms with Crippen LogP contribution in [0.3, 0.4) is 0 Å². The summed E-state index contributed by atoms with van der Waals surface area (Å²) in [6.07, 6.45) is -4.79. The van der Waals surface area contributed by atoms with Crippen LogP contribution < -0.4 is 5.32 Å². The second-order valence-electron chi connectivity index (χ2n) is 5.52. The van der Waals surface area contributed by atoms with Crippen LogP contribution >= 0.6 is 11.6 Å². The lowest BCUT2D eigenvalue weighted by molar-refractivity contribution is -0.137. The first-order valence-corrected chi connectivity index (χ1v) is 9.17. The summed E-state index contributed by atoms with van der Waals surface area (Å²) in [7, 11) is -4.26. The molecule has 3 rings (SSSR count). The summed E-state index contributed by atoms with van der Waals surface area (Å²) < 4.78 is 64.3. The van der Waals surface area contributed by atoms with Gasteiger partial charge >= 0.3 is 6.18 Å². The molecule has 0 saturated carbocycles. The summed E-state index contributed by atoms with van der Waals surface area (Å²) in [6, 6.07) is 8.27. The number of rotatable bonds is 3. The quantitative estimate of drug-likeness (QED) is 0.830. The molecule has 0 bridgehead atoms. The van der Waals surface area contributed by atoms with Crippen LogP contribution in [0.15, 0.2) is 47.4 Å². The number of fused-ring (bicyclic) bond motifs is 1. The molecule has 11 heteroatoms. The topological polar surface area (TPSA) is 83.6 Å². The first-order chi connectivity index (χ1) is 12.5. The van der Waals surface area contributed by atoms with Gasteiger partial charge < -0.3 is 5.32 Å². The number of hydrogen-bond donors (Lipinski definition) is 1. The fraction of sp³-hybridized carbons (Fsp3) is 0.125. The molecule has 0 atom stereocenters. The van der Waals surface area contributed by atoms with E-state index in [4.69, 9.17) is 11.6 Å². The van der Waals surface area contributed by atoms with Gasteiger partial charge in [-0.2, -0.15) is 13.2 Å². The lowest BCUT2D eigenvalue weighted by Gasteiger charge is -2.18. The van der Waals surface area contributed by atoms with E-state index in [2.05, 4.69) is 0 Å². The van der Waals surface area contributed by atoms with Crippen LogP contribution in [-0.2, 0) is 21.0 Å². The Balaban J connectivity index is 1.88. The van der Waals surface area contributed by atoms with E-state index in [0.29, 0.717) is 4.31 Å². The Morgan fingerprint density at radius 2 is 1.78 bits per heavy atom. The average molecular weight is 419 g/mol. The Bertz CT molecular complexity index is 1050. The third-order valence-corrected chi connectivity index (χ3v) is 5.88. The van der Waals surface area contributed by atoms with Crippen molar-refractivity contribution in [2.75, 3.05) is 11.9 Å². The minimum atomic E-state index is -4.79. The first-order valence-electron chi connectivity index (χ1n) is 7.35. The maximum Gasteiger partial charge on any atom is 0.418 e. The second-order valence-corrected chi connectivity index (χ2v) is 7.76. The van der Waals surface area contributed by atoms with Crippen LogP contribution in [0.4, 0.5) is 18.9 Å². The van der Waals surface area contributed by atoms with Crippen molar-refractivity contribution >= 4 is 39.1 Å². The van der Waals surface area contributed by atoms with E-state index in [0.717, 1.165) is 18.2 Å². The monoisotopic (exact) mass is 418 g/mol. The second kappa shape index (κ2) is 6.54. The molecule has 1 heterocycles. The van der Waals surface area contributed by atoms with Gasteiger partial charge in [-0.3, -0.25) is 9.59 Å². The Morgan fingerprint density at radius 3 is 2.41 bits per heavy atom. The summed E-state index contributed by atoms with van der Waals surface area (Å²) in [5, 5.41) is 1.57. The predicted molar refractivity (Wildman–Crippen MR) is 89.7 cm³/mol. The van der Waals surface area contributed by atoms with Gasteiger partial charge in [0.1, 0.15) is 11.4 Å². The molecule has 27 heavy (non-hydrogen) atoms. The van der Waals surface area contributed by atoms with Crippen molar-refractivity contribution < 1.29 is 31.2 Å². The maximum absolute atomic E-state index is 13.1. The van der Waals surface area contributed by atoms with Crippen molar-refractivity contribution in [2.45, 2.75) is 11.1 Å². The fourth-order valence-corrected chi connectivity index (χ4v) is 4.33. The van der Waals surface area contributed by atoms with E-state index < -0.39 is 45.8 Å². The van der Waals surface area contributed by atoms with Gasteiger partial charge in [0.05, 0.1) is 21.8 Å². The van der Waals surface area contributed by atoms with Gasteiger partial charge in [0.2, 0.25) is 5.91 Å². The van der Waals surface area contributed by atoms with E-state index >= 15 is 0 Å². The average Bonchev–Trinajstić information content (AvgIpc) is 2.77. The molecule has 2 aromatic rings. The van der Waals surface area contributed by atoms with Crippen molar-refractivity contribution in [3.8, 4) is 0 Å². The zero-order valence-corrected chi connectivity index (χ0v) is 14.8. The molecule has 0 aliphatic carbocycles. The molecule has 1 aliphatic heterocycles. The number of carbonyl (C=O) groups is 2. The van der Waals surface area contributed by atoms with Crippen LogP contribution in [-0.4, -0.2) is 31.1 Å². The standard InChI is InChI=1S/C16H10ClF3N2O4S/c17-11-6-3-5-10(16(18,19)20)14(11)21-13(23)8-22-15(24)9-4-1-2-7-12(9)27(22,25)26/h1-7H,8H2,(H,21,23). The normalized spacial score (nSPS) is 15.6. The van der Waals surface area contributed by atoms with E-state index in [9.17, 15) is 31.2 Å². The van der Waals surface area contributed by atoms with Crippen molar-refractivity contribution in [1.29, 1.82) is 0 Å². The summed E-state index contributed by atoms with van der Waals surface area (Å²) in [5.74, 6) is -2.07. The number of para-hydroxylation sites is 1. The number of halogens is 4. The molecule has 0 radical (unpaired) electrons. The minimum Gasteiger partial charge on any atom is -0.323 e. The van der Waals surface area contributed by atoms with E-state index in [1.807, 2.05) is 5.32 Å². The third kappa shape index (κ3) is 3.37. The van der Waals surface area contributed by atoms with Gasteiger partial charge in [-0.15, -0.1) is 0 Å². The Labute approximate surface area is 156 Å². The van der Waals surface area contributed by atoms with Crippen LogP contribution in [0.2, 0.25) is 5.02 Å². The summed E-state index contributed by atoms with van der Waals surface area (Å²) in [5.41, 5.74) is -2.01. The van der Waals surface area contributed by atoms with Crippen molar-refractivity contribution in [2.24, 2.45) is 0 Å². The smallest absolute Gasteiger partial charge is 0.323 e. The SMILES string of the molecule is O=C(CN1C(=O)c2ccccc2S1(=O)=O)Nc1c(Cl)cccc1C(F)(F)F. The Kier molecular flexibility index (Phi) is 4.64. The number of nitrogens with one attached hydrogen (secondary N) is 1. The predicted octanol–water partition coefficient (Wildman–Crippen LogP) is 3.14. The molecular weight excluding hydrogens is 409 g/mol. The van der Waals surface area contributed by atoms with E-state index in [-0.39, 0.29) is 15.5 Å². The molecule has 0 saturated heterocycles. The van der Waals surface area contributed by atoms with Gasteiger partial charge in [-0.1, -0.05) is 29.8 Å². The van der Waals surface area contributed by atoms with Gasteiger partial charge in [0, 0.05) is 0 Å². The molecule has 0 unspecified atom stereocenters. The van der Waals surface area contributed by atoms with Crippen LogP contribution in [0, 0.1) is 0 Å². The lowest BCUT2D eigenvalue weighted by atomic mass is 10.1. The highest BCUT2D eigenvalue weighted by atomic mass is 35.5. The highest BCUT2D eigenvalue weighted by Crippen LogP contribution is 2.38. The summed E-state index contributed by atoms with van der Waals surface area (Å²) >= 11 is 5.74. The van der Waals surface area contributed by atoms with Crippen LogP contribution in [0.1, 0.15) is 15.9 Å². The van der Waals surface area contributed by atoms with Gasteiger partial charge in [-0.25, -0.2) is 12.7 Å². The zero-order chi connectivity index (χ0) is 20.0. The van der Waals surface area contributed by atoms with Gasteiger partial charge in [0.15, 0.2) is 0 Å². The molecular formula is C16H10ClF3N2O4S.